The lowest BCUT2D eigenvalue weighted by Gasteiger charge is -2.27. The lowest BCUT2D eigenvalue weighted by molar-refractivity contribution is 0.0734. The lowest BCUT2D eigenvalue weighted by Crippen LogP contribution is -2.21. The number of halogens is 2. The van der Waals surface area contributed by atoms with Crippen LogP contribution in [0.25, 0.3) is 0 Å². The van der Waals surface area contributed by atoms with Crippen LogP contribution in [0.4, 0.5) is 0 Å². The molecule has 0 fully saturated rings. The molecule has 0 saturated heterocycles. The molecule has 0 aromatic heterocycles. The molecule has 0 saturated carbocycles. The van der Waals surface area contributed by atoms with E-state index in [0.29, 0.717) is 23.7 Å². The zero-order chi connectivity index (χ0) is 29.1. The zero-order valence-electron chi connectivity index (χ0n) is 22.1. The molecule has 7 nitrogen and oxygen atoms in total. The SMILES string of the molecule is COc1c(Cl)cc(C(=O)Oc2ccc3c(c2)OC(N)=C(C#N)C3c2ccc(OCc3ccc(C)cc3)cc2)cc1Cl. The highest BCUT2D eigenvalue weighted by atomic mass is 35.5. The Morgan fingerprint density at radius 1 is 0.976 bits per heavy atom. The van der Waals surface area contributed by atoms with Crippen LogP contribution >= 0.6 is 23.2 Å². The van der Waals surface area contributed by atoms with Crippen molar-refractivity contribution in [3.05, 3.63) is 128 Å². The third-order valence-corrected chi connectivity index (χ3v) is 7.14. The van der Waals surface area contributed by atoms with Gasteiger partial charge in [-0.05, 0) is 48.4 Å². The average Bonchev–Trinajstić information content (AvgIpc) is 2.96. The fourth-order valence-corrected chi connectivity index (χ4v) is 5.13. The molecule has 41 heavy (non-hydrogen) atoms. The zero-order valence-corrected chi connectivity index (χ0v) is 23.6. The summed E-state index contributed by atoms with van der Waals surface area (Å²) in [5.41, 5.74) is 10.3. The number of esters is 1. The Hall–Kier alpha value is -4.64. The topological polar surface area (TPSA) is 104 Å². The number of nitrogens with zero attached hydrogens (tertiary/aromatic N) is 1. The van der Waals surface area contributed by atoms with Gasteiger partial charge in [0.05, 0.1) is 28.6 Å². The van der Waals surface area contributed by atoms with Gasteiger partial charge in [0.2, 0.25) is 5.88 Å². The van der Waals surface area contributed by atoms with E-state index in [1.807, 2.05) is 55.5 Å². The number of carbonyl (C=O) groups is 1. The second kappa shape index (κ2) is 11.8. The number of hydrogen-bond donors (Lipinski definition) is 1. The van der Waals surface area contributed by atoms with E-state index in [1.54, 1.807) is 18.2 Å². The minimum Gasteiger partial charge on any atom is -0.494 e. The molecule has 1 heterocycles. The van der Waals surface area contributed by atoms with Crippen LogP contribution in [-0.2, 0) is 6.61 Å². The minimum atomic E-state index is -0.675. The van der Waals surface area contributed by atoms with E-state index in [4.69, 9.17) is 47.9 Å². The van der Waals surface area contributed by atoms with Gasteiger partial charge in [-0.15, -0.1) is 0 Å². The predicted molar refractivity (Wildman–Crippen MR) is 156 cm³/mol. The fraction of sp³-hybridized carbons (Fsp3) is 0.125. The largest absolute Gasteiger partial charge is 0.494 e. The van der Waals surface area contributed by atoms with Crippen molar-refractivity contribution < 1.29 is 23.7 Å². The molecule has 0 radical (unpaired) electrons. The molecule has 0 amide bonds. The van der Waals surface area contributed by atoms with Crippen LogP contribution in [0.3, 0.4) is 0 Å². The van der Waals surface area contributed by atoms with Crippen molar-refractivity contribution in [1.82, 2.24) is 0 Å². The highest BCUT2D eigenvalue weighted by Crippen LogP contribution is 2.44. The molecule has 5 rings (SSSR count). The van der Waals surface area contributed by atoms with E-state index in [-0.39, 0.29) is 38.6 Å². The quantitative estimate of drug-likeness (QED) is 0.178. The Labute approximate surface area is 247 Å². The summed E-state index contributed by atoms with van der Waals surface area (Å²) in [7, 11) is 1.43. The summed E-state index contributed by atoms with van der Waals surface area (Å²) < 4.78 is 22.4. The van der Waals surface area contributed by atoms with Crippen LogP contribution in [-0.4, -0.2) is 13.1 Å². The maximum atomic E-state index is 12.8. The van der Waals surface area contributed by atoms with Crippen molar-refractivity contribution in [2.75, 3.05) is 7.11 Å². The van der Waals surface area contributed by atoms with Crippen molar-refractivity contribution in [3.63, 3.8) is 0 Å². The van der Waals surface area contributed by atoms with Crippen LogP contribution in [0, 0.1) is 18.3 Å². The molecule has 4 aromatic carbocycles. The summed E-state index contributed by atoms with van der Waals surface area (Å²) in [5.74, 6) is 0.343. The first-order chi connectivity index (χ1) is 19.8. The smallest absolute Gasteiger partial charge is 0.343 e. The van der Waals surface area contributed by atoms with Gasteiger partial charge < -0.3 is 24.7 Å². The molecular formula is C32H24Cl2N2O5. The van der Waals surface area contributed by atoms with Crippen molar-refractivity contribution in [3.8, 4) is 29.1 Å². The normalized spacial score (nSPS) is 14.0. The number of fused-ring (bicyclic) bond motifs is 1. The maximum absolute atomic E-state index is 12.8. The minimum absolute atomic E-state index is 0.0260. The van der Waals surface area contributed by atoms with Gasteiger partial charge in [0.1, 0.15) is 35.5 Å². The molecule has 0 bridgehead atoms. The van der Waals surface area contributed by atoms with Crippen molar-refractivity contribution in [2.24, 2.45) is 5.73 Å². The average molecular weight is 587 g/mol. The molecule has 1 atom stereocenters. The molecule has 1 aliphatic rings. The second-order valence-corrected chi connectivity index (χ2v) is 10.1. The number of rotatable bonds is 7. The van der Waals surface area contributed by atoms with Crippen LogP contribution in [0.2, 0.25) is 10.0 Å². The highest BCUT2D eigenvalue weighted by molar-refractivity contribution is 6.37. The van der Waals surface area contributed by atoms with Gasteiger partial charge in [-0.2, -0.15) is 5.26 Å². The van der Waals surface area contributed by atoms with Crippen molar-refractivity contribution in [1.29, 1.82) is 5.26 Å². The number of methoxy groups -OCH3 is 1. The molecule has 9 heteroatoms. The molecular weight excluding hydrogens is 563 g/mol. The van der Waals surface area contributed by atoms with Gasteiger partial charge in [0.25, 0.3) is 0 Å². The van der Waals surface area contributed by atoms with E-state index in [1.165, 1.54) is 24.8 Å². The molecule has 0 aliphatic carbocycles. The van der Waals surface area contributed by atoms with E-state index in [9.17, 15) is 10.1 Å². The summed E-state index contributed by atoms with van der Waals surface area (Å²) >= 11 is 12.3. The van der Waals surface area contributed by atoms with Crippen LogP contribution in [0.5, 0.6) is 23.0 Å². The van der Waals surface area contributed by atoms with E-state index < -0.39 is 11.9 Å². The Morgan fingerprint density at radius 3 is 2.27 bits per heavy atom. The predicted octanol–water partition coefficient (Wildman–Crippen LogP) is 7.33. The summed E-state index contributed by atoms with van der Waals surface area (Å²) in [6.45, 7) is 2.48. The lowest BCUT2D eigenvalue weighted by atomic mass is 9.83. The first-order valence-corrected chi connectivity index (χ1v) is 13.3. The van der Waals surface area contributed by atoms with Gasteiger partial charge in [-0.3, -0.25) is 0 Å². The molecule has 1 aliphatic heterocycles. The van der Waals surface area contributed by atoms with Gasteiger partial charge >= 0.3 is 5.97 Å². The van der Waals surface area contributed by atoms with Gasteiger partial charge in [-0.25, -0.2) is 4.79 Å². The molecule has 0 spiro atoms. The molecule has 1 unspecified atom stereocenters. The number of carbonyl (C=O) groups excluding carboxylic acids is 1. The molecule has 4 aromatic rings. The maximum Gasteiger partial charge on any atom is 0.343 e. The molecule has 206 valence electrons. The number of hydrogen-bond acceptors (Lipinski definition) is 7. The van der Waals surface area contributed by atoms with Crippen molar-refractivity contribution in [2.45, 2.75) is 19.4 Å². The summed E-state index contributed by atoms with van der Waals surface area (Å²) in [4.78, 5) is 12.8. The Bertz CT molecular complexity index is 1670. The number of allylic oxidation sites excluding steroid dienone is 1. The highest BCUT2D eigenvalue weighted by Gasteiger charge is 2.31. The summed E-state index contributed by atoms with van der Waals surface area (Å²) in [5, 5.41) is 10.2. The number of nitrogens with two attached hydrogens (primary N) is 1. The van der Waals surface area contributed by atoms with Gasteiger partial charge in [0.15, 0.2) is 5.75 Å². The third kappa shape index (κ3) is 5.94. The van der Waals surface area contributed by atoms with E-state index in [2.05, 4.69) is 6.07 Å². The number of ether oxygens (including phenoxy) is 4. The standard InChI is InChI=1S/C32H24Cl2N2O5/c1-18-3-5-19(6-4-18)17-39-22-9-7-20(8-10-22)29-24-12-11-23(15-28(24)41-31(36)25(29)16-35)40-32(37)21-13-26(33)30(38-2)27(34)14-21/h3-15,29H,17,36H2,1-2H3. The number of aryl methyl sites for hydroxylation is 1. The van der Waals surface area contributed by atoms with Gasteiger partial charge in [0, 0.05) is 11.6 Å². The monoisotopic (exact) mass is 586 g/mol. The second-order valence-electron chi connectivity index (χ2n) is 9.33. The Balaban J connectivity index is 1.37. The fourth-order valence-electron chi connectivity index (χ4n) is 4.49. The van der Waals surface area contributed by atoms with Crippen LogP contribution < -0.4 is 24.7 Å². The van der Waals surface area contributed by atoms with E-state index >= 15 is 0 Å². The molecule has 2 N–H and O–H groups in total. The Kier molecular flexibility index (Phi) is 8.06. The Morgan fingerprint density at radius 2 is 1.63 bits per heavy atom. The number of benzene rings is 4. The summed E-state index contributed by atoms with van der Waals surface area (Å²) in [6, 6.07) is 25.5. The van der Waals surface area contributed by atoms with Crippen LogP contribution in [0.15, 0.2) is 90.3 Å². The number of nitriles is 1. The summed E-state index contributed by atoms with van der Waals surface area (Å²) in [6.07, 6.45) is 0. The van der Waals surface area contributed by atoms with E-state index in [0.717, 1.165) is 11.1 Å². The first kappa shape index (κ1) is 27.9. The van der Waals surface area contributed by atoms with Crippen LogP contribution in [0.1, 0.15) is 38.5 Å². The third-order valence-electron chi connectivity index (χ3n) is 6.58. The van der Waals surface area contributed by atoms with Crippen molar-refractivity contribution >= 4 is 29.2 Å². The van der Waals surface area contributed by atoms with Gasteiger partial charge in [-0.1, -0.05) is 71.2 Å². The first-order valence-electron chi connectivity index (χ1n) is 12.5.